The molecule has 0 spiro atoms. The molecule has 0 amide bonds. The zero-order valence-electron chi connectivity index (χ0n) is 13.9. The van der Waals surface area contributed by atoms with E-state index in [-0.39, 0.29) is 0 Å². The van der Waals surface area contributed by atoms with Crippen LogP contribution in [0.25, 0.3) is 10.9 Å². The van der Waals surface area contributed by atoms with Crippen molar-refractivity contribution in [2.75, 3.05) is 13.1 Å². The molecule has 2 aromatic heterocycles. The van der Waals surface area contributed by atoms with Crippen LogP contribution in [0.15, 0.2) is 41.8 Å². The van der Waals surface area contributed by atoms with Gasteiger partial charge < -0.3 is 9.88 Å². The van der Waals surface area contributed by atoms with Crippen molar-refractivity contribution >= 4 is 22.2 Å². The monoisotopic (exact) mass is 325 g/mol. The number of hydrogen-bond donors (Lipinski definition) is 2. The highest BCUT2D eigenvalue weighted by atomic mass is 32.1. The van der Waals surface area contributed by atoms with E-state index < -0.39 is 0 Å². The van der Waals surface area contributed by atoms with Gasteiger partial charge in [0.1, 0.15) is 0 Å². The number of benzene rings is 1. The van der Waals surface area contributed by atoms with Crippen LogP contribution in [0.3, 0.4) is 0 Å². The van der Waals surface area contributed by atoms with E-state index in [1.54, 1.807) is 4.90 Å². The maximum absolute atomic E-state index is 3.61. The number of H-pyrrole nitrogens is 1. The molecule has 1 saturated heterocycles. The van der Waals surface area contributed by atoms with Crippen LogP contribution in [-0.2, 0) is 0 Å². The van der Waals surface area contributed by atoms with Gasteiger partial charge in [-0.15, -0.1) is 11.3 Å². The fourth-order valence-electron chi connectivity index (χ4n) is 4.10. The molecular weight excluding hydrogens is 300 g/mol. The van der Waals surface area contributed by atoms with Crippen LogP contribution in [0.1, 0.15) is 41.9 Å². The molecular formula is C20H25N2S+. The van der Waals surface area contributed by atoms with E-state index in [1.165, 1.54) is 53.0 Å². The van der Waals surface area contributed by atoms with E-state index >= 15 is 0 Å². The van der Waals surface area contributed by atoms with Gasteiger partial charge in [0.2, 0.25) is 0 Å². The number of hydrogen-bond acceptors (Lipinski definition) is 1. The highest BCUT2D eigenvalue weighted by Crippen LogP contribution is 2.32. The van der Waals surface area contributed by atoms with Crippen molar-refractivity contribution < 1.29 is 4.90 Å². The number of likely N-dealkylation sites (tertiary alicyclic amines) is 1. The number of piperidine rings is 1. The van der Waals surface area contributed by atoms with Crippen LogP contribution >= 0.6 is 11.3 Å². The zero-order chi connectivity index (χ0) is 15.8. The van der Waals surface area contributed by atoms with Crippen LogP contribution in [0.5, 0.6) is 0 Å². The summed E-state index contributed by atoms with van der Waals surface area (Å²) in [4.78, 5) is 6.85. The summed E-state index contributed by atoms with van der Waals surface area (Å²) in [5.41, 5.74) is 4.11. The average Bonchev–Trinajstić information content (AvgIpc) is 3.18. The normalized spacial score (nSPS) is 23.2. The molecule has 1 unspecified atom stereocenters. The zero-order valence-corrected chi connectivity index (χ0v) is 14.7. The van der Waals surface area contributed by atoms with Crippen molar-refractivity contribution in [2.24, 2.45) is 5.92 Å². The van der Waals surface area contributed by atoms with Crippen molar-refractivity contribution in [3.8, 4) is 0 Å². The molecule has 2 nitrogen and oxygen atoms in total. The lowest BCUT2D eigenvalue weighted by molar-refractivity contribution is -0.931. The summed E-state index contributed by atoms with van der Waals surface area (Å²) in [7, 11) is 0. The van der Waals surface area contributed by atoms with E-state index in [2.05, 4.69) is 60.6 Å². The summed E-state index contributed by atoms with van der Waals surface area (Å²) in [5.74, 6) is 0.881. The van der Waals surface area contributed by atoms with Crippen molar-refractivity contribution in [3.05, 3.63) is 57.9 Å². The molecule has 23 heavy (non-hydrogen) atoms. The average molecular weight is 326 g/mol. The summed E-state index contributed by atoms with van der Waals surface area (Å²) in [6.45, 7) is 7.20. The molecule has 4 rings (SSSR count). The lowest BCUT2D eigenvalue weighted by atomic mass is 9.94. The lowest BCUT2D eigenvalue weighted by Gasteiger charge is -2.33. The van der Waals surface area contributed by atoms with Crippen LogP contribution < -0.4 is 4.90 Å². The Labute approximate surface area is 142 Å². The van der Waals surface area contributed by atoms with Gasteiger partial charge in [-0.1, -0.05) is 31.2 Å². The highest BCUT2D eigenvalue weighted by molar-refractivity contribution is 7.10. The number of aryl methyl sites for hydroxylation is 1. The maximum Gasteiger partial charge on any atom is 0.150 e. The molecule has 1 aliphatic heterocycles. The van der Waals surface area contributed by atoms with Crippen molar-refractivity contribution in [2.45, 2.75) is 32.7 Å². The predicted molar refractivity (Wildman–Crippen MR) is 98.3 cm³/mol. The van der Waals surface area contributed by atoms with Crippen LogP contribution in [-0.4, -0.2) is 18.1 Å². The Hall–Kier alpha value is -1.58. The minimum atomic E-state index is 0.471. The quantitative estimate of drug-likeness (QED) is 0.727. The number of aromatic amines is 1. The van der Waals surface area contributed by atoms with Gasteiger partial charge in [0.25, 0.3) is 0 Å². The topological polar surface area (TPSA) is 20.2 Å². The van der Waals surface area contributed by atoms with Gasteiger partial charge in [-0.3, -0.25) is 0 Å². The third kappa shape index (κ3) is 2.73. The lowest BCUT2D eigenvalue weighted by Crippen LogP contribution is -3.13. The molecule has 3 heterocycles. The Balaban J connectivity index is 1.83. The molecule has 0 radical (unpaired) electrons. The Kier molecular flexibility index (Phi) is 4.00. The standard InChI is InChI=1S/C20H24N2S/c1-14-9-11-22(12-10-14)20(18-8-5-13-23-18)19-15(2)21-17-7-4-3-6-16(17)19/h3-8,13-14,20-21H,9-12H2,1-2H3/p+1. The van der Waals surface area contributed by atoms with Gasteiger partial charge >= 0.3 is 0 Å². The minimum absolute atomic E-state index is 0.471. The molecule has 1 aromatic carbocycles. The van der Waals surface area contributed by atoms with Crippen molar-refractivity contribution in [1.29, 1.82) is 0 Å². The van der Waals surface area contributed by atoms with E-state index in [4.69, 9.17) is 0 Å². The van der Waals surface area contributed by atoms with E-state index in [1.807, 2.05) is 11.3 Å². The van der Waals surface area contributed by atoms with E-state index in [0.29, 0.717) is 6.04 Å². The van der Waals surface area contributed by atoms with Gasteiger partial charge in [-0.2, -0.15) is 0 Å². The Morgan fingerprint density at radius 1 is 1.13 bits per heavy atom. The molecule has 1 aliphatic rings. The number of aromatic nitrogens is 1. The summed E-state index contributed by atoms with van der Waals surface area (Å²) < 4.78 is 0. The summed E-state index contributed by atoms with van der Waals surface area (Å²) >= 11 is 1.91. The second kappa shape index (κ2) is 6.14. The molecule has 2 N–H and O–H groups in total. The largest absolute Gasteiger partial charge is 0.358 e. The SMILES string of the molecule is Cc1[nH]c2ccccc2c1C(c1cccs1)[NH+]1CCC(C)CC1. The van der Waals surface area contributed by atoms with Crippen LogP contribution in [0.4, 0.5) is 0 Å². The first kappa shape index (κ1) is 15.0. The molecule has 120 valence electrons. The molecule has 1 fully saturated rings. The first-order valence-electron chi connectivity index (χ1n) is 8.69. The van der Waals surface area contributed by atoms with Gasteiger partial charge in [0.15, 0.2) is 6.04 Å². The van der Waals surface area contributed by atoms with Gasteiger partial charge in [-0.05, 0) is 43.2 Å². The Morgan fingerprint density at radius 3 is 2.65 bits per heavy atom. The number of quaternary nitrogens is 1. The number of rotatable bonds is 3. The second-order valence-electron chi connectivity index (χ2n) is 7.00. The third-order valence-electron chi connectivity index (χ3n) is 5.38. The molecule has 0 aliphatic carbocycles. The van der Waals surface area contributed by atoms with Gasteiger partial charge in [-0.25, -0.2) is 0 Å². The molecule has 0 bridgehead atoms. The molecule has 0 saturated carbocycles. The highest BCUT2D eigenvalue weighted by Gasteiger charge is 2.33. The first-order valence-corrected chi connectivity index (χ1v) is 9.57. The van der Waals surface area contributed by atoms with E-state index in [9.17, 15) is 0 Å². The third-order valence-corrected chi connectivity index (χ3v) is 6.32. The smallest absolute Gasteiger partial charge is 0.150 e. The maximum atomic E-state index is 3.61. The van der Waals surface area contributed by atoms with Crippen molar-refractivity contribution in [1.82, 2.24) is 4.98 Å². The Morgan fingerprint density at radius 2 is 1.91 bits per heavy atom. The van der Waals surface area contributed by atoms with Gasteiger partial charge in [0, 0.05) is 22.2 Å². The molecule has 3 heteroatoms. The molecule has 3 aromatic rings. The van der Waals surface area contributed by atoms with Gasteiger partial charge in [0.05, 0.1) is 18.0 Å². The van der Waals surface area contributed by atoms with Crippen molar-refractivity contribution in [3.63, 3.8) is 0 Å². The fraction of sp³-hybridized carbons (Fsp3) is 0.400. The van der Waals surface area contributed by atoms with Crippen LogP contribution in [0, 0.1) is 12.8 Å². The molecule has 1 atom stereocenters. The number of para-hydroxylation sites is 1. The van der Waals surface area contributed by atoms with E-state index in [0.717, 1.165) is 5.92 Å². The fourth-order valence-corrected chi connectivity index (χ4v) is 4.99. The minimum Gasteiger partial charge on any atom is -0.358 e. The summed E-state index contributed by atoms with van der Waals surface area (Å²) in [5, 5.41) is 3.62. The number of fused-ring (bicyclic) bond motifs is 1. The predicted octanol–water partition coefficient (Wildman–Crippen LogP) is 3.94. The second-order valence-corrected chi connectivity index (χ2v) is 7.98. The summed E-state index contributed by atoms with van der Waals surface area (Å²) in [6.07, 6.45) is 2.69. The summed E-state index contributed by atoms with van der Waals surface area (Å²) in [6, 6.07) is 13.8. The Bertz CT molecular complexity index is 779. The number of nitrogens with one attached hydrogen (secondary N) is 2. The number of thiophene rings is 1. The first-order chi connectivity index (χ1) is 11.2. The van der Waals surface area contributed by atoms with Crippen LogP contribution in [0.2, 0.25) is 0 Å².